The van der Waals surface area contributed by atoms with Crippen LogP contribution in [0.4, 0.5) is 13.2 Å². The van der Waals surface area contributed by atoms with Crippen LogP contribution in [0.5, 0.6) is 0 Å². The molecule has 0 spiro atoms. The van der Waals surface area contributed by atoms with E-state index in [1.807, 2.05) is 0 Å². The number of allylic oxidation sites excluding steroid dienone is 1. The topological polar surface area (TPSA) is 0 Å². The van der Waals surface area contributed by atoms with E-state index in [1.165, 1.54) is 18.2 Å². The molecule has 0 bridgehead atoms. The standard InChI is InChI=1S/C11H7Cl4F3/c1-6(5-10(14,16)11(15,17)18)7-2-8(12)4-9(13)3-7/h2-4H,1,5H2. The number of alkyl halides is 5. The van der Waals surface area contributed by atoms with Gasteiger partial charge in [0.05, 0.1) is 0 Å². The van der Waals surface area contributed by atoms with Gasteiger partial charge in [-0.1, -0.05) is 41.4 Å². The lowest BCUT2D eigenvalue weighted by molar-refractivity contribution is -0.0166. The van der Waals surface area contributed by atoms with E-state index in [4.69, 9.17) is 34.8 Å². The third kappa shape index (κ3) is 3.95. The van der Waals surface area contributed by atoms with Gasteiger partial charge in [-0.2, -0.15) is 8.78 Å². The summed E-state index contributed by atoms with van der Waals surface area (Å²) in [7, 11) is 0. The van der Waals surface area contributed by atoms with Crippen LogP contribution in [0.15, 0.2) is 24.8 Å². The van der Waals surface area contributed by atoms with Crippen molar-refractivity contribution in [3.05, 3.63) is 40.4 Å². The summed E-state index contributed by atoms with van der Waals surface area (Å²) in [4.78, 5) is 0. The number of halogens is 7. The molecule has 1 atom stereocenters. The molecule has 0 saturated heterocycles. The fraction of sp³-hybridized carbons (Fsp3) is 0.273. The van der Waals surface area contributed by atoms with Gasteiger partial charge in [-0.15, -0.1) is 0 Å². The minimum atomic E-state index is -4.21. The molecule has 0 saturated carbocycles. The first kappa shape index (κ1) is 16.0. The molecule has 0 aliphatic rings. The maximum Gasteiger partial charge on any atom is 0.369 e. The maximum absolute atomic E-state index is 13.5. The van der Waals surface area contributed by atoms with Crippen LogP contribution >= 0.6 is 46.4 Å². The third-order valence-electron chi connectivity index (χ3n) is 2.12. The first-order valence-corrected chi connectivity index (χ1v) is 6.13. The normalized spacial score (nSPS) is 15.3. The Balaban J connectivity index is 2.96. The lowest BCUT2D eigenvalue weighted by Crippen LogP contribution is -2.34. The molecule has 0 fully saturated rings. The maximum atomic E-state index is 13.5. The van der Waals surface area contributed by atoms with E-state index in [9.17, 15) is 13.2 Å². The van der Waals surface area contributed by atoms with Crippen LogP contribution in [0.3, 0.4) is 0 Å². The van der Waals surface area contributed by atoms with E-state index in [1.54, 1.807) is 0 Å². The Kier molecular flexibility index (Phi) is 4.87. The molecule has 0 aliphatic carbocycles. The van der Waals surface area contributed by atoms with E-state index in [0.717, 1.165) is 0 Å². The molecule has 100 valence electrons. The average molecular weight is 338 g/mol. The first-order chi connectivity index (χ1) is 8.03. The van der Waals surface area contributed by atoms with Crippen molar-refractivity contribution in [2.45, 2.75) is 16.9 Å². The fourth-order valence-corrected chi connectivity index (χ4v) is 1.98. The summed E-state index contributed by atoms with van der Waals surface area (Å²) < 4.78 is 38.9. The predicted molar refractivity (Wildman–Crippen MR) is 70.6 cm³/mol. The molecule has 0 N–H and O–H groups in total. The molecular weight excluding hydrogens is 331 g/mol. The molecule has 7 heteroatoms. The van der Waals surface area contributed by atoms with Gasteiger partial charge in [0.2, 0.25) is 0 Å². The highest BCUT2D eigenvalue weighted by Gasteiger charge is 2.52. The summed E-state index contributed by atoms with van der Waals surface area (Å²) in [6.07, 6.45) is -0.859. The average Bonchev–Trinajstić information content (AvgIpc) is 2.13. The van der Waals surface area contributed by atoms with Gasteiger partial charge in [0, 0.05) is 16.5 Å². The van der Waals surface area contributed by atoms with Crippen LogP contribution in [0.1, 0.15) is 12.0 Å². The SMILES string of the molecule is C=C(CC(F)(Cl)C(F)(F)Cl)c1cc(Cl)cc(Cl)c1. The fourth-order valence-electron chi connectivity index (χ4n) is 1.23. The Morgan fingerprint density at radius 2 is 1.50 bits per heavy atom. The molecule has 0 aliphatic heterocycles. The second kappa shape index (κ2) is 5.49. The van der Waals surface area contributed by atoms with Crippen molar-refractivity contribution in [3.8, 4) is 0 Å². The Hall–Kier alpha value is -0.0900. The van der Waals surface area contributed by atoms with Crippen molar-refractivity contribution in [1.82, 2.24) is 0 Å². The lowest BCUT2D eigenvalue weighted by atomic mass is 10.0. The van der Waals surface area contributed by atoms with E-state index in [2.05, 4.69) is 18.2 Å². The Morgan fingerprint density at radius 1 is 1.06 bits per heavy atom. The van der Waals surface area contributed by atoms with Crippen molar-refractivity contribution < 1.29 is 13.2 Å². The Labute approximate surface area is 122 Å². The molecule has 1 aromatic rings. The van der Waals surface area contributed by atoms with Crippen LogP contribution in [-0.4, -0.2) is 10.5 Å². The van der Waals surface area contributed by atoms with Gasteiger partial charge in [-0.3, -0.25) is 0 Å². The number of rotatable bonds is 4. The van der Waals surface area contributed by atoms with Crippen molar-refractivity contribution in [1.29, 1.82) is 0 Å². The monoisotopic (exact) mass is 336 g/mol. The first-order valence-electron chi connectivity index (χ1n) is 4.62. The minimum Gasteiger partial charge on any atom is -0.218 e. The highest BCUT2D eigenvalue weighted by atomic mass is 35.5. The van der Waals surface area contributed by atoms with Crippen LogP contribution < -0.4 is 0 Å². The van der Waals surface area contributed by atoms with Gasteiger partial charge in [0.1, 0.15) is 0 Å². The molecule has 1 rings (SSSR count). The molecule has 0 heterocycles. The molecule has 1 unspecified atom stereocenters. The van der Waals surface area contributed by atoms with Crippen LogP contribution in [0, 0.1) is 0 Å². The van der Waals surface area contributed by atoms with Gasteiger partial charge in [0.15, 0.2) is 0 Å². The third-order valence-corrected chi connectivity index (χ3v) is 3.32. The molecular formula is C11H7Cl4F3. The highest BCUT2D eigenvalue weighted by Crippen LogP contribution is 2.45. The number of benzene rings is 1. The second-order valence-corrected chi connectivity index (χ2v) is 5.59. The van der Waals surface area contributed by atoms with Crippen molar-refractivity contribution >= 4 is 52.0 Å². The summed E-state index contributed by atoms with van der Waals surface area (Å²) in [6, 6.07) is 4.27. The van der Waals surface area contributed by atoms with Crippen molar-refractivity contribution in [2.75, 3.05) is 0 Å². The molecule has 18 heavy (non-hydrogen) atoms. The van der Waals surface area contributed by atoms with Crippen molar-refractivity contribution in [3.63, 3.8) is 0 Å². The summed E-state index contributed by atoms with van der Waals surface area (Å²) >= 11 is 21.1. The largest absolute Gasteiger partial charge is 0.369 e. The zero-order chi connectivity index (χ0) is 14.1. The number of hydrogen-bond acceptors (Lipinski definition) is 0. The molecule has 0 amide bonds. The molecule has 0 radical (unpaired) electrons. The van der Waals surface area contributed by atoms with Gasteiger partial charge in [0.25, 0.3) is 5.13 Å². The highest BCUT2D eigenvalue weighted by molar-refractivity contribution is 6.35. The Bertz CT molecular complexity index is 446. The summed E-state index contributed by atoms with van der Waals surface area (Å²) in [5.41, 5.74) is 0.327. The van der Waals surface area contributed by atoms with E-state index >= 15 is 0 Å². The smallest absolute Gasteiger partial charge is 0.218 e. The number of hydrogen-bond donors (Lipinski definition) is 0. The van der Waals surface area contributed by atoms with Crippen molar-refractivity contribution in [2.24, 2.45) is 0 Å². The van der Waals surface area contributed by atoms with E-state index in [-0.39, 0.29) is 15.6 Å². The molecule has 0 nitrogen and oxygen atoms in total. The van der Waals surface area contributed by atoms with Gasteiger partial charge in [-0.05, 0) is 40.9 Å². The van der Waals surface area contributed by atoms with Crippen LogP contribution in [0.2, 0.25) is 10.0 Å². The lowest BCUT2D eigenvalue weighted by Gasteiger charge is -2.23. The van der Waals surface area contributed by atoms with Gasteiger partial charge >= 0.3 is 5.38 Å². The van der Waals surface area contributed by atoms with Crippen LogP contribution in [-0.2, 0) is 0 Å². The predicted octanol–water partition coefficient (Wildman–Crippen LogP) is 6.13. The second-order valence-electron chi connectivity index (χ2n) is 3.64. The van der Waals surface area contributed by atoms with Gasteiger partial charge in [-0.25, -0.2) is 4.39 Å². The van der Waals surface area contributed by atoms with E-state index in [0.29, 0.717) is 5.56 Å². The summed E-state index contributed by atoms with van der Waals surface area (Å²) in [6.45, 7) is 3.47. The summed E-state index contributed by atoms with van der Waals surface area (Å²) in [5, 5.41) is -7.09. The quantitative estimate of drug-likeness (QED) is 0.579. The minimum absolute atomic E-state index is 0.0113. The van der Waals surface area contributed by atoms with E-state index < -0.39 is 16.9 Å². The van der Waals surface area contributed by atoms with Crippen LogP contribution in [0.25, 0.3) is 5.57 Å². The zero-order valence-electron chi connectivity index (χ0n) is 8.79. The summed E-state index contributed by atoms with van der Waals surface area (Å²) in [5.74, 6) is 0. The zero-order valence-corrected chi connectivity index (χ0v) is 11.8. The molecule has 0 aromatic heterocycles. The Morgan fingerprint density at radius 3 is 1.89 bits per heavy atom. The molecule has 1 aromatic carbocycles. The van der Waals surface area contributed by atoms with Gasteiger partial charge < -0.3 is 0 Å².